The van der Waals surface area contributed by atoms with Crippen LogP contribution in [-0.2, 0) is 0 Å². The number of fused-ring (bicyclic) bond motifs is 6. The highest BCUT2D eigenvalue weighted by Crippen LogP contribution is 2.38. The number of benzene rings is 6. The average Bonchev–Trinajstić information content (AvgIpc) is 3.34. The highest BCUT2D eigenvalue weighted by atomic mass is 16.4. The minimum atomic E-state index is -0.324. The molecule has 0 amide bonds. The van der Waals surface area contributed by atoms with E-state index in [2.05, 4.69) is 102 Å². The minimum Gasteiger partial charge on any atom is -0.422 e. The molecule has 0 fully saturated rings. The average molecular weight is 514 g/mol. The lowest BCUT2D eigenvalue weighted by atomic mass is 9.98. The Bertz CT molecular complexity index is 2220. The number of para-hydroxylation sites is 2. The lowest BCUT2D eigenvalue weighted by Gasteiger charge is -2.14. The lowest BCUT2D eigenvalue weighted by molar-refractivity contribution is 0.570. The fourth-order valence-electron chi connectivity index (χ4n) is 5.95. The summed E-state index contributed by atoms with van der Waals surface area (Å²) in [7, 11) is 0. The van der Waals surface area contributed by atoms with E-state index in [9.17, 15) is 4.79 Å². The van der Waals surface area contributed by atoms with E-state index >= 15 is 0 Å². The third-order valence-corrected chi connectivity index (χ3v) is 7.80. The molecule has 40 heavy (non-hydrogen) atoms. The van der Waals surface area contributed by atoms with E-state index in [0.717, 1.165) is 60.5 Å². The van der Waals surface area contributed by atoms with Crippen molar-refractivity contribution in [1.82, 2.24) is 4.57 Å². The summed E-state index contributed by atoms with van der Waals surface area (Å²) in [6.07, 6.45) is 0. The summed E-state index contributed by atoms with van der Waals surface area (Å²) in [6, 6.07) is 48.0. The first-order chi connectivity index (χ1) is 19.7. The predicted molar refractivity (Wildman–Crippen MR) is 165 cm³/mol. The second kappa shape index (κ2) is 8.82. The van der Waals surface area contributed by atoms with E-state index < -0.39 is 0 Å². The van der Waals surface area contributed by atoms with Crippen molar-refractivity contribution in [2.24, 2.45) is 0 Å². The van der Waals surface area contributed by atoms with Gasteiger partial charge in [-0.2, -0.15) is 0 Å². The Morgan fingerprint density at radius 3 is 1.73 bits per heavy atom. The maximum Gasteiger partial charge on any atom is 0.344 e. The van der Waals surface area contributed by atoms with Crippen LogP contribution in [-0.4, -0.2) is 4.57 Å². The van der Waals surface area contributed by atoms with Gasteiger partial charge in [0.2, 0.25) is 0 Å². The summed E-state index contributed by atoms with van der Waals surface area (Å²) in [5.74, 6) is 0. The van der Waals surface area contributed by atoms with Crippen LogP contribution in [0.15, 0.2) is 149 Å². The van der Waals surface area contributed by atoms with Gasteiger partial charge in [-0.3, -0.25) is 0 Å². The molecule has 0 saturated heterocycles. The summed E-state index contributed by atoms with van der Waals surface area (Å²) in [5, 5.41) is 4.67. The molecule has 3 heteroatoms. The van der Waals surface area contributed by atoms with Crippen molar-refractivity contribution in [1.29, 1.82) is 0 Å². The van der Waals surface area contributed by atoms with Gasteiger partial charge in [-0.1, -0.05) is 97.1 Å². The quantitative estimate of drug-likeness (QED) is 0.174. The van der Waals surface area contributed by atoms with Crippen LogP contribution in [0.4, 0.5) is 0 Å². The SMILES string of the molecule is O=c1oc2ccccc2c2cc3c4ccccc4n(-c4cc(-c5ccccc5)cc(-c5ccccc5)c4)c3cc12. The van der Waals surface area contributed by atoms with Crippen LogP contribution in [0.2, 0.25) is 0 Å². The Hall–Kier alpha value is -5.41. The van der Waals surface area contributed by atoms with Gasteiger partial charge in [0.25, 0.3) is 0 Å². The minimum absolute atomic E-state index is 0.324. The lowest BCUT2D eigenvalue weighted by Crippen LogP contribution is -2.01. The van der Waals surface area contributed by atoms with Crippen LogP contribution in [0.5, 0.6) is 0 Å². The molecule has 0 unspecified atom stereocenters. The van der Waals surface area contributed by atoms with Gasteiger partial charge < -0.3 is 8.98 Å². The van der Waals surface area contributed by atoms with Crippen LogP contribution in [0.25, 0.3) is 71.5 Å². The largest absolute Gasteiger partial charge is 0.422 e. The van der Waals surface area contributed by atoms with E-state index in [1.54, 1.807) is 0 Å². The molecule has 2 heterocycles. The first-order valence-corrected chi connectivity index (χ1v) is 13.4. The maximum absolute atomic E-state index is 13.2. The summed E-state index contributed by atoms with van der Waals surface area (Å²) in [4.78, 5) is 13.2. The Morgan fingerprint density at radius 2 is 1.02 bits per heavy atom. The monoisotopic (exact) mass is 513 g/mol. The third kappa shape index (κ3) is 3.49. The van der Waals surface area contributed by atoms with Crippen LogP contribution in [0.3, 0.4) is 0 Å². The fraction of sp³-hybridized carbons (Fsp3) is 0. The third-order valence-electron chi connectivity index (χ3n) is 7.80. The van der Waals surface area contributed by atoms with Crippen molar-refractivity contribution in [2.75, 3.05) is 0 Å². The molecule has 0 aliphatic heterocycles. The highest BCUT2D eigenvalue weighted by molar-refractivity contribution is 6.17. The molecule has 0 saturated carbocycles. The van der Waals surface area contributed by atoms with Gasteiger partial charge in [-0.15, -0.1) is 0 Å². The fourth-order valence-corrected chi connectivity index (χ4v) is 5.95. The zero-order chi connectivity index (χ0) is 26.6. The van der Waals surface area contributed by atoms with Crippen molar-refractivity contribution in [3.05, 3.63) is 150 Å². The summed E-state index contributed by atoms with van der Waals surface area (Å²) in [5.41, 5.74) is 7.95. The smallest absolute Gasteiger partial charge is 0.344 e. The number of nitrogens with zero attached hydrogens (tertiary/aromatic N) is 1. The van der Waals surface area contributed by atoms with Gasteiger partial charge in [0, 0.05) is 27.2 Å². The van der Waals surface area contributed by atoms with Gasteiger partial charge >= 0.3 is 5.63 Å². The molecular formula is C37H23NO2. The van der Waals surface area contributed by atoms with Crippen molar-refractivity contribution in [3.8, 4) is 27.9 Å². The summed E-state index contributed by atoms with van der Waals surface area (Å²) >= 11 is 0. The molecule has 0 aliphatic rings. The maximum atomic E-state index is 13.2. The van der Waals surface area contributed by atoms with E-state index in [0.29, 0.717) is 11.0 Å². The molecule has 0 bridgehead atoms. The van der Waals surface area contributed by atoms with Gasteiger partial charge in [-0.25, -0.2) is 4.79 Å². The summed E-state index contributed by atoms with van der Waals surface area (Å²) in [6.45, 7) is 0. The molecule has 8 aromatic rings. The van der Waals surface area contributed by atoms with Gasteiger partial charge in [-0.05, 0) is 64.7 Å². The zero-order valence-corrected chi connectivity index (χ0v) is 21.5. The van der Waals surface area contributed by atoms with E-state index in [1.165, 1.54) is 0 Å². The molecule has 8 rings (SSSR count). The number of aromatic nitrogens is 1. The highest BCUT2D eigenvalue weighted by Gasteiger charge is 2.17. The van der Waals surface area contributed by atoms with E-state index in [4.69, 9.17) is 4.42 Å². The molecular weight excluding hydrogens is 490 g/mol. The number of rotatable bonds is 3. The van der Waals surface area contributed by atoms with Gasteiger partial charge in [0.15, 0.2) is 0 Å². The second-order valence-corrected chi connectivity index (χ2v) is 10.2. The standard InChI is InChI=1S/C37H23NO2/c39-37-33-23-35-32(22-31(33)30-16-8-10-18-36(30)40-37)29-15-7-9-17-34(29)38(35)28-20-26(24-11-3-1-4-12-24)19-27(21-28)25-13-5-2-6-14-25/h1-23H. The molecule has 0 spiro atoms. The van der Waals surface area contributed by atoms with Crippen molar-refractivity contribution in [3.63, 3.8) is 0 Å². The molecule has 2 aromatic heterocycles. The molecule has 0 N–H and O–H groups in total. The first-order valence-electron chi connectivity index (χ1n) is 13.4. The Balaban J connectivity index is 1.50. The Morgan fingerprint density at radius 1 is 0.425 bits per heavy atom. The zero-order valence-electron chi connectivity index (χ0n) is 21.5. The van der Waals surface area contributed by atoms with Gasteiger partial charge in [0.1, 0.15) is 5.58 Å². The van der Waals surface area contributed by atoms with E-state index in [-0.39, 0.29) is 5.63 Å². The molecule has 0 radical (unpaired) electrons. The number of hydrogen-bond donors (Lipinski definition) is 0. The van der Waals surface area contributed by atoms with Crippen LogP contribution >= 0.6 is 0 Å². The van der Waals surface area contributed by atoms with Crippen molar-refractivity contribution >= 4 is 43.5 Å². The normalized spacial score (nSPS) is 11.6. The van der Waals surface area contributed by atoms with Crippen molar-refractivity contribution in [2.45, 2.75) is 0 Å². The van der Waals surface area contributed by atoms with Crippen LogP contribution < -0.4 is 5.63 Å². The molecule has 6 aromatic carbocycles. The predicted octanol–water partition coefficient (Wildman–Crippen LogP) is 9.38. The topological polar surface area (TPSA) is 35.1 Å². The Labute approximate surface area is 230 Å². The molecule has 0 atom stereocenters. The van der Waals surface area contributed by atoms with Gasteiger partial charge in [0.05, 0.1) is 16.4 Å². The van der Waals surface area contributed by atoms with Crippen molar-refractivity contribution < 1.29 is 4.42 Å². The van der Waals surface area contributed by atoms with Crippen LogP contribution in [0.1, 0.15) is 0 Å². The second-order valence-electron chi connectivity index (χ2n) is 10.2. The number of hydrogen-bond acceptors (Lipinski definition) is 2. The summed E-state index contributed by atoms with van der Waals surface area (Å²) < 4.78 is 8.01. The van der Waals surface area contributed by atoms with Crippen LogP contribution in [0, 0.1) is 0 Å². The Kier molecular flexibility index (Phi) is 4.98. The molecule has 0 aliphatic carbocycles. The molecule has 188 valence electrons. The first kappa shape index (κ1) is 22.6. The molecule has 3 nitrogen and oxygen atoms in total. The van der Waals surface area contributed by atoms with E-state index in [1.807, 2.05) is 42.5 Å².